The maximum absolute atomic E-state index is 14.2. The zero-order chi connectivity index (χ0) is 41.4. The van der Waals surface area contributed by atoms with E-state index in [0.717, 1.165) is 30.3 Å². The van der Waals surface area contributed by atoms with Crippen molar-refractivity contribution in [2.45, 2.75) is 91.4 Å². The summed E-state index contributed by atoms with van der Waals surface area (Å²) in [5.41, 5.74) is 3.37. The SMILES string of the molecule is CCCCCCCCCCCCCOC=Nc1ccc(Cl)c(Nc2[nH]n(-c3c(Cl)cc(Cl)cc3Cl)c(=O)c2Nc2ccc(N(CC)CCNS(C)(=O)=O)cc2C)c1. The van der Waals surface area contributed by atoms with Crippen LogP contribution in [-0.2, 0) is 14.8 Å². The molecule has 4 aromatic rings. The molecule has 11 nitrogen and oxygen atoms in total. The molecule has 0 unspecified atom stereocenters. The standard InChI is InChI=1S/C41H55Cl4N7O4S/c1-5-7-8-9-10-11-12-13-14-15-16-23-56-28-46-31-17-19-33(43)37(27-31)49-40-38(41(53)52(50-40)39-34(44)25-30(42)26-35(39)45)48-36-20-18-32(24-29(36)3)51(6-2)22-21-47-57(4,54)55/h17-20,24-28,47-50H,5-16,21-23H2,1-4H3. The Kier molecular flexibility index (Phi) is 18.9. The number of halogens is 4. The third-order valence-electron chi connectivity index (χ3n) is 9.41. The predicted octanol–water partition coefficient (Wildman–Crippen LogP) is 11.9. The fourth-order valence-electron chi connectivity index (χ4n) is 6.33. The molecule has 57 heavy (non-hydrogen) atoms. The molecule has 4 N–H and O–H groups in total. The van der Waals surface area contributed by atoms with Gasteiger partial charge in [0.25, 0.3) is 5.56 Å². The quantitative estimate of drug-likeness (QED) is 0.0296. The number of aromatic nitrogens is 2. The van der Waals surface area contributed by atoms with Crippen LogP contribution in [0.25, 0.3) is 5.69 Å². The highest BCUT2D eigenvalue weighted by Crippen LogP contribution is 2.36. The van der Waals surface area contributed by atoms with Gasteiger partial charge in [0.2, 0.25) is 10.0 Å². The summed E-state index contributed by atoms with van der Waals surface area (Å²) in [7, 11) is -3.31. The first-order chi connectivity index (χ1) is 27.3. The van der Waals surface area contributed by atoms with E-state index in [1.807, 2.05) is 32.0 Å². The molecule has 0 amide bonds. The van der Waals surface area contributed by atoms with Crippen molar-refractivity contribution in [1.82, 2.24) is 14.5 Å². The monoisotopic (exact) mass is 881 g/mol. The highest BCUT2D eigenvalue weighted by Gasteiger charge is 2.22. The number of aliphatic imine (C=N–C) groups is 1. The van der Waals surface area contributed by atoms with Gasteiger partial charge in [0.1, 0.15) is 11.4 Å². The Balaban J connectivity index is 1.49. The van der Waals surface area contributed by atoms with E-state index >= 15 is 0 Å². The summed E-state index contributed by atoms with van der Waals surface area (Å²) < 4.78 is 32.6. The molecule has 312 valence electrons. The summed E-state index contributed by atoms with van der Waals surface area (Å²) in [4.78, 5) is 20.7. The summed E-state index contributed by atoms with van der Waals surface area (Å²) >= 11 is 26.0. The third kappa shape index (κ3) is 14.7. The minimum atomic E-state index is -3.31. The van der Waals surface area contributed by atoms with Crippen molar-refractivity contribution in [3.8, 4) is 5.69 Å². The lowest BCUT2D eigenvalue weighted by molar-refractivity contribution is 0.306. The molecule has 0 radical (unpaired) electrons. The maximum Gasteiger partial charge on any atom is 0.297 e. The minimum absolute atomic E-state index is 0.165. The fraction of sp³-hybridized carbons (Fsp3) is 0.463. The highest BCUT2D eigenvalue weighted by molar-refractivity contribution is 7.88. The van der Waals surface area contributed by atoms with Gasteiger partial charge in [0.05, 0.1) is 39.3 Å². The number of likely N-dealkylation sites (N-methyl/N-ethyl adjacent to an activating group) is 1. The van der Waals surface area contributed by atoms with Gasteiger partial charge >= 0.3 is 0 Å². The van der Waals surface area contributed by atoms with Crippen LogP contribution in [0.1, 0.15) is 90.0 Å². The van der Waals surface area contributed by atoms with Crippen molar-refractivity contribution in [3.05, 3.63) is 84.5 Å². The average Bonchev–Trinajstić information content (AvgIpc) is 3.44. The van der Waals surface area contributed by atoms with Crippen LogP contribution in [0.4, 0.5) is 34.3 Å². The van der Waals surface area contributed by atoms with Gasteiger partial charge in [-0.2, -0.15) is 0 Å². The predicted molar refractivity (Wildman–Crippen MR) is 242 cm³/mol. The Morgan fingerprint density at radius 1 is 0.825 bits per heavy atom. The second kappa shape index (κ2) is 23.3. The number of hydrogen-bond acceptors (Lipinski definition) is 8. The van der Waals surface area contributed by atoms with E-state index in [0.29, 0.717) is 46.8 Å². The molecular weight excluding hydrogens is 828 g/mol. The van der Waals surface area contributed by atoms with Gasteiger partial charge < -0.3 is 20.3 Å². The van der Waals surface area contributed by atoms with Crippen LogP contribution in [0.2, 0.25) is 20.1 Å². The molecule has 0 saturated heterocycles. The largest absolute Gasteiger partial charge is 0.483 e. The first-order valence-electron chi connectivity index (χ1n) is 19.6. The molecule has 4 rings (SSSR count). The summed E-state index contributed by atoms with van der Waals surface area (Å²) in [6.07, 6.45) is 16.5. The van der Waals surface area contributed by atoms with Crippen molar-refractivity contribution < 1.29 is 13.2 Å². The molecule has 0 aliphatic heterocycles. The van der Waals surface area contributed by atoms with Gasteiger partial charge in [-0.1, -0.05) is 118 Å². The zero-order valence-corrected chi connectivity index (χ0v) is 37.0. The zero-order valence-electron chi connectivity index (χ0n) is 33.2. The topological polar surface area (TPSA) is 133 Å². The number of ether oxygens (including phenoxy) is 1. The van der Waals surface area contributed by atoms with Crippen molar-refractivity contribution in [3.63, 3.8) is 0 Å². The highest BCUT2D eigenvalue weighted by atomic mass is 35.5. The van der Waals surface area contributed by atoms with Gasteiger partial charge in [-0.05, 0) is 74.4 Å². The Morgan fingerprint density at radius 2 is 1.47 bits per heavy atom. The molecule has 16 heteroatoms. The molecule has 1 aromatic heterocycles. The van der Waals surface area contributed by atoms with Gasteiger partial charge in [-0.15, -0.1) is 0 Å². The lowest BCUT2D eigenvalue weighted by Crippen LogP contribution is -2.34. The smallest absolute Gasteiger partial charge is 0.297 e. The molecule has 0 atom stereocenters. The first kappa shape index (κ1) is 46.3. The van der Waals surface area contributed by atoms with E-state index in [-0.39, 0.29) is 33.8 Å². The lowest BCUT2D eigenvalue weighted by Gasteiger charge is -2.24. The van der Waals surface area contributed by atoms with E-state index in [1.54, 1.807) is 18.2 Å². The number of anilines is 5. The molecule has 0 aliphatic rings. The van der Waals surface area contributed by atoms with Gasteiger partial charge in [0.15, 0.2) is 12.2 Å². The van der Waals surface area contributed by atoms with E-state index in [4.69, 9.17) is 51.1 Å². The molecule has 0 fully saturated rings. The number of aryl methyl sites for hydroxylation is 1. The van der Waals surface area contributed by atoms with E-state index in [2.05, 4.69) is 37.3 Å². The van der Waals surface area contributed by atoms with Crippen LogP contribution in [0.15, 0.2) is 58.3 Å². The second-order valence-electron chi connectivity index (χ2n) is 14.0. The molecule has 3 aromatic carbocycles. The Morgan fingerprint density at radius 3 is 2.09 bits per heavy atom. The molecule has 0 aliphatic carbocycles. The molecule has 0 spiro atoms. The summed E-state index contributed by atoms with van der Waals surface area (Å²) in [5.74, 6) is 0.281. The number of hydrogen-bond donors (Lipinski definition) is 4. The van der Waals surface area contributed by atoms with Gasteiger partial charge in [-0.3, -0.25) is 9.89 Å². The minimum Gasteiger partial charge on any atom is -0.483 e. The van der Waals surface area contributed by atoms with Crippen molar-refractivity contribution >= 4 is 97.1 Å². The summed E-state index contributed by atoms with van der Waals surface area (Å²) in [6, 6.07) is 14.0. The van der Waals surface area contributed by atoms with Gasteiger partial charge in [0, 0.05) is 36.0 Å². The van der Waals surface area contributed by atoms with Crippen LogP contribution in [0, 0.1) is 6.92 Å². The maximum atomic E-state index is 14.2. The number of sulfonamides is 1. The Bertz CT molecular complexity index is 2080. The van der Waals surface area contributed by atoms with Crippen LogP contribution in [-0.4, -0.2) is 57.1 Å². The fourth-order valence-corrected chi connectivity index (χ4v) is 7.94. The summed E-state index contributed by atoms with van der Waals surface area (Å²) in [6.45, 7) is 8.15. The number of unbranched alkanes of at least 4 members (excludes halogenated alkanes) is 10. The second-order valence-corrected chi connectivity index (χ2v) is 17.5. The van der Waals surface area contributed by atoms with Crippen molar-refractivity contribution in [2.24, 2.45) is 4.99 Å². The molecule has 0 bridgehead atoms. The summed E-state index contributed by atoms with van der Waals surface area (Å²) in [5, 5.41) is 10.7. The lowest BCUT2D eigenvalue weighted by atomic mass is 10.1. The van der Waals surface area contributed by atoms with E-state index in [9.17, 15) is 13.2 Å². The number of H-pyrrole nitrogens is 1. The van der Waals surface area contributed by atoms with Gasteiger partial charge in [-0.25, -0.2) is 22.8 Å². The number of nitrogens with zero attached hydrogens (tertiary/aromatic N) is 3. The van der Waals surface area contributed by atoms with Crippen molar-refractivity contribution in [1.29, 1.82) is 0 Å². The van der Waals surface area contributed by atoms with E-state index < -0.39 is 15.6 Å². The van der Waals surface area contributed by atoms with Crippen LogP contribution in [0.3, 0.4) is 0 Å². The van der Waals surface area contributed by atoms with Crippen LogP contribution in [0.5, 0.6) is 0 Å². The number of aromatic amines is 1. The first-order valence-corrected chi connectivity index (χ1v) is 23.0. The molecular formula is C41H55Cl4N7O4S. The van der Waals surface area contributed by atoms with E-state index in [1.165, 1.54) is 81.0 Å². The number of nitrogens with one attached hydrogen (secondary N) is 4. The van der Waals surface area contributed by atoms with Crippen molar-refractivity contribution in [2.75, 3.05) is 48.0 Å². The average molecular weight is 884 g/mol. The van der Waals surface area contributed by atoms with Crippen LogP contribution >= 0.6 is 46.4 Å². The number of benzene rings is 3. The Labute approximate surface area is 357 Å². The molecule has 1 heterocycles. The number of rotatable bonds is 25. The Hall–Kier alpha value is -3.39. The molecule has 0 saturated carbocycles. The normalized spacial score (nSPS) is 11.7. The van der Waals surface area contributed by atoms with Crippen LogP contribution < -0.4 is 25.8 Å². The third-order valence-corrected chi connectivity index (χ3v) is 11.3.